The number of hydrogen-bond donors (Lipinski definition) is 3. The van der Waals surface area contributed by atoms with E-state index in [9.17, 15) is 24.0 Å². The third-order valence-electron chi connectivity index (χ3n) is 10.7. The van der Waals surface area contributed by atoms with E-state index >= 15 is 4.39 Å². The quantitative estimate of drug-likeness (QED) is 0.159. The highest BCUT2D eigenvalue weighted by molar-refractivity contribution is 5.98. The van der Waals surface area contributed by atoms with E-state index in [0.717, 1.165) is 27.8 Å². The molecule has 0 aromatic heterocycles. The number of halogens is 1. The number of nitrogens with two attached hydrogens (primary N) is 1. The number of cyclic esters (lactones) is 1. The number of hydrogen-bond acceptors (Lipinski definition) is 9. The van der Waals surface area contributed by atoms with Gasteiger partial charge in [-0.2, -0.15) is 0 Å². The minimum atomic E-state index is -0.844. The summed E-state index contributed by atoms with van der Waals surface area (Å²) in [6, 6.07) is 26.6. The van der Waals surface area contributed by atoms with E-state index in [0.29, 0.717) is 43.1 Å². The van der Waals surface area contributed by atoms with Crippen LogP contribution in [0.2, 0.25) is 0 Å². The Morgan fingerprint density at radius 2 is 1.56 bits per heavy atom. The molecule has 4 aromatic rings. The fraction of sp³-hybridized carbons (Fsp3) is 0.326. The summed E-state index contributed by atoms with van der Waals surface area (Å²) in [6.45, 7) is 3.94. The Morgan fingerprint density at radius 1 is 0.895 bits per heavy atom. The van der Waals surface area contributed by atoms with E-state index < -0.39 is 36.1 Å². The average Bonchev–Trinajstić information content (AvgIpc) is 3.78. The van der Waals surface area contributed by atoms with E-state index in [-0.39, 0.29) is 56.7 Å². The summed E-state index contributed by atoms with van der Waals surface area (Å²) < 4.78 is 25.9. The van der Waals surface area contributed by atoms with Crippen molar-refractivity contribution in [1.82, 2.24) is 15.5 Å². The number of rotatable bonds is 13. The molecule has 2 atom stereocenters. The van der Waals surface area contributed by atoms with Crippen LogP contribution in [0.15, 0.2) is 91.0 Å². The first-order valence-electron chi connectivity index (χ1n) is 19.1. The van der Waals surface area contributed by atoms with Crippen LogP contribution in [0.3, 0.4) is 0 Å². The molecule has 2 heterocycles. The van der Waals surface area contributed by atoms with E-state index in [2.05, 4.69) is 22.8 Å². The predicted octanol–water partition coefficient (Wildman–Crippen LogP) is 4.96. The maximum atomic E-state index is 15.1. The van der Waals surface area contributed by atoms with E-state index in [1.54, 1.807) is 48.2 Å². The highest BCUT2D eigenvalue weighted by atomic mass is 19.1. The van der Waals surface area contributed by atoms with Crippen LogP contribution < -0.4 is 26.2 Å². The first kappa shape index (κ1) is 39.0. The number of anilines is 2. The molecular formula is C43H45FN6O7. The number of nitrogens with one attached hydrogen (secondary N) is 2. The van der Waals surface area contributed by atoms with Gasteiger partial charge in [0.25, 0.3) is 0 Å². The zero-order valence-corrected chi connectivity index (χ0v) is 31.6. The van der Waals surface area contributed by atoms with Crippen LogP contribution in [0.1, 0.15) is 52.7 Å². The molecular weight excluding hydrogens is 732 g/mol. The van der Waals surface area contributed by atoms with E-state index in [4.69, 9.17) is 15.2 Å². The Bertz CT molecular complexity index is 2110. The highest BCUT2D eigenvalue weighted by Gasteiger charge is 2.33. The van der Waals surface area contributed by atoms with E-state index in [1.165, 1.54) is 11.0 Å². The number of nitrogens with zero attached hydrogens (tertiary/aromatic N) is 3. The fourth-order valence-corrected chi connectivity index (χ4v) is 7.53. The topological polar surface area (TPSA) is 164 Å². The Balaban J connectivity index is 0.807. The van der Waals surface area contributed by atoms with Crippen molar-refractivity contribution in [3.63, 3.8) is 0 Å². The van der Waals surface area contributed by atoms with Crippen LogP contribution in [0.5, 0.6) is 0 Å². The van der Waals surface area contributed by atoms with Gasteiger partial charge in [-0.3, -0.25) is 19.3 Å². The van der Waals surface area contributed by atoms with E-state index in [1.807, 2.05) is 41.3 Å². The van der Waals surface area contributed by atoms with Crippen LogP contribution in [0, 0.1) is 5.82 Å². The molecule has 1 unspecified atom stereocenters. The molecule has 57 heavy (non-hydrogen) atoms. The second kappa shape index (κ2) is 17.2. The van der Waals surface area contributed by atoms with Gasteiger partial charge in [-0.05, 0) is 52.9 Å². The van der Waals surface area contributed by atoms with Gasteiger partial charge in [0.1, 0.15) is 24.6 Å². The monoisotopic (exact) mass is 776 g/mol. The Labute approximate surface area is 329 Å². The molecule has 14 heteroatoms. The van der Waals surface area contributed by atoms with Gasteiger partial charge in [0.15, 0.2) is 5.78 Å². The number of ether oxygens (including phenoxy) is 2. The van der Waals surface area contributed by atoms with Gasteiger partial charge in [0, 0.05) is 63.6 Å². The minimum absolute atomic E-state index is 0.0359. The number of piperazine rings is 1. The molecule has 0 bridgehead atoms. The maximum absolute atomic E-state index is 15.1. The Hall–Kier alpha value is -6.28. The maximum Gasteiger partial charge on any atom is 0.414 e. The Kier molecular flexibility index (Phi) is 11.8. The van der Waals surface area contributed by atoms with Crippen molar-refractivity contribution in [2.75, 3.05) is 55.7 Å². The molecule has 1 aliphatic carbocycles. The second-order valence-corrected chi connectivity index (χ2v) is 14.4. The zero-order valence-electron chi connectivity index (χ0n) is 31.6. The van der Waals surface area contributed by atoms with Crippen molar-refractivity contribution < 1.29 is 37.8 Å². The lowest BCUT2D eigenvalue weighted by Crippen LogP contribution is -2.49. The number of carbonyl (C=O) groups excluding carboxylic acids is 5. The molecule has 7 rings (SSSR count). The van der Waals surface area contributed by atoms with Gasteiger partial charge in [0.2, 0.25) is 11.8 Å². The summed E-state index contributed by atoms with van der Waals surface area (Å²) in [4.78, 5) is 68.3. The molecule has 4 aromatic carbocycles. The summed E-state index contributed by atoms with van der Waals surface area (Å²) in [5, 5.41) is 5.40. The van der Waals surface area contributed by atoms with Crippen LogP contribution in [-0.4, -0.2) is 92.7 Å². The fourth-order valence-electron chi connectivity index (χ4n) is 7.53. The third-order valence-corrected chi connectivity index (χ3v) is 10.7. The van der Waals surface area contributed by atoms with Gasteiger partial charge in [-0.15, -0.1) is 0 Å². The highest BCUT2D eigenvalue weighted by Crippen LogP contribution is 2.44. The lowest BCUT2D eigenvalue weighted by molar-refractivity contribution is -0.131. The summed E-state index contributed by atoms with van der Waals surface area (Å²) in [5.74, 6) is -1.29. The van der Waals surface area contributed by atoms with Crippen molar-refractivity contribution in [2.24, 2.45) is 5.73 Å². The van der Waals surface area contributed by atoms with Crippen molar-refractivity contribution in [1.29, 1.82) is 0 Å². The number of Topliss-reactive ketones (excluding diaryl/α,β-unsaturated/α-hetero) is 1. The molecule has 0 saturated carbocycles. The second-order valence-electron chi connectivity index (χ2n) is 14.4. The molecule has 296 valence electrons. The van der Waals surface area contributed by atoms with Crippen molar-refractivity contribution >= 4 is 41.2 Å². The number of fused-ring (bicyclic) bond motifs is 3. The number of ketones is 1. The van der Waals surface area contributed by atoms with Crippen LogP contribution >= 0.6 is 0 Å². The lowest BCUT2D eigenvalue weighted by Gasteiger charge is -2.36. The lowest BCUT2D eigenvalue weighted by atomic mass is 9.98. The number of carbonyl (C=O) groups is 5. The normalized spacial score (nSPS) is 16.7. The standard InChI is InChI=1S/C43H45FN6O7/c1-27(47-42(54)56-26-36-34-8-4-2-6-32(34)33-7-3-5-9-35(33)36)41(53)46-24-28-10-12-29(13-11-28)39(51)16-17-40(52)49-20-18-48(19-21-49)38-15-14-30(22-37(38)44)50-25-31(23-45)57-43(50)55/h2-15,22,27,31,36H,16-21,23-26,45H2,1H3,(H,46,53)(H,47,54)/t27?,31-/m0/s1. The Morgan fingerprint density at radius 3 is 2.19 bits per heavy atom. The molecule has 4 N–H and O–H groups in total. The molecule has 2 saturated heterocycles. The molecule has 13 nitrogen and oxygen atoms in total. The van der Waals surface area contributed by atoms with Crippen LogP contribution in [0.4, 0.5) is 25.4 Å². The van der Waals surface area contributed by atoms with Gasteiger partial charge in [0.05, 0.1) is 17.9 Å². The summed E-state index contributed by atoms with van der Waals surface area (Å²) in [7, 11) is 0. The largest absolute Gasteiger partial charge is 0.449 e. The van der Waals surface area contributed by atoms with Gasteiger partial charge < -0.3 is 35.6 Å². The van der Waals surface area contributed by atoms with Gasteiger partial charge in [-0.25, -0.2) is 14.0 Å². The van der Waals surface area contributed by atoms with Crippen molar-refractivity contribution in [3.8, 4) is 11.1 Å². The average molecular weight is 777 g/mol. The van der Waals surface area contributed by atoms with Crippen molar-refractivity contribution in [3.05, 3.63) is 119 Å². The van der Waals surface area contributed by atoms with Crippen molar-refractivity contribution in [2.45, 2.75) is 44.4 Å². The summed E-state index contributed by atoms with van der Waals surface area (Å²) in [6.07, 6.45) is -1.59. The van der Waals surface area contributed by atoms with Gasteiger partial charge >= 0.3 is 12.2 Å². The first-order valence-corrected chi connectivity index (χ1v) is 19.1. The minimum Gasteiger partial charge on any atom is -0.449 e. The van der Waals surface area contributed by atoms with Crippen LogP contribution in [0.25, 0.3) is 11.1 Å². The summed E-state index contributed by atoms with van der Waals surface area (Å²) >= 11 is 0. The molecule has 4 amide bonds. The molecule has 0 radical (unpaired) electrons. The zero-order chi connectivity index (χ0) is 40.1. The molecule has 2 aliphatic heterocycles. The van der Waals surface area contributed by atoms with Gasteiger partial charge in [-0.1, -0.05) is 72.8 Å². The smallest absolute Gasteiger partial charge is 0.414 e. The predicted molar refractivity (Wildman–Crippen MR) is 211 cm³/mol. The molecule has 3 aliphatic rings. The summed E-state index contributed by atoms with van der Waals surface area (Å²) in [5.41, 5.74) is 12.0. The SMILES string of the molecule is CC(NC(=O)OCC1c2ccccc2-c2ccccc21)C(=O)NCc1ccc(C(=O)CCC(=O)N2CCN(c3ccc(N4C[C@H](CN)OC4=O)cc3F)CC2)cc1. The molecule has 2 fully saturated rings. The number of benzene rings is 4. The number of amides is 4. The van der Waals surface area contributed by atoms with Crippen LogP contribution in [-0.2, 0) is 25.6 Å². The molecule has 0 spiro atoms. The first-order chi connectivity index (χ1) is 27.6. The third kappa shape index (κ3) is 8.76. The number of alkyl carbamates (subject to hydrolysis) is 1.